The van der Waals surface area contributed by atoms with Crippen molar-refractivity contribution in [1.82, 2.24) is 19.6 Å². The molecule has 0 atom stereocenters. The summed E-state index contributed by atoms with van der Waals surface area (Å²) in [6.45, 7) is 8.78. The summed E-state index contributed by atoms with van der Waals surface area (Å²) in [4.78, 5) is 12.4. The molecule has 0 bridgehead atoms. The van der Waals surface area contributed by atoms with Gasteiger partial charge >= 0.3 is 0 Å². The predicted octanol–water partition coefficient (Wildman–Crippen LogP) is 4.70. The second kappa shape index (κ2) is 8.37. The van der Waals surface area contributed by atoms with Crippen LogP contribution in [0.3, 0.4) is 0 Å². The number of carbonyl (C=O) groups excluding carboxylic acids is 1. The maximum atomic E-state index is 12.4. The van der Waals surface area contributed by atoms with Gasteiger partial charge in [-0.3, -0.25) is 14.2 Å². The lowest BCUT2D eigenvalue weighted by Gasteiger charge is -2.09. The van der Waals surface area contributed by atoms with Crippen molar-refractivity contribution < 1.29 is 4.79 Å². The number of aryl methyl sites for hydroxylation is 4. The van der Waals surface area contributed by atoms with Crippen molar-refractivity contribution in [3.8, 4) is 0 Å². The molecule has 2 aromatic heterocycles. The van der Waals surface area contributed by atoms with Gasteiger partial charge in [-0.2, -0.15) is 10.2 Å². The van der Waals surface area contributed by atoms with Gasteiger partial charge in [-0.1, -0.05) is 29.3 Å². The number of nitrogens with zero attached hydrogens (tertiary/aromatic N) is 4. The molecule has 0 radical (unpaired) electrons. The molecule has 2 heterocycles. The van der Waals surface area contributed by atoms with Crippen LogP contribution in [0.2, 0.25) is 10.0 Å². The van der Waals surface area contributed by atoms with Crippen LogP contribution in [0.4, 0.5) is 5.69 Å². The molecule has 1 amide bonds. The lowest BCUT2D eigenvalue weighted by Crippen LogP contribution is -2.16. The van der Waals surface area contributed by atoms with Crippen LogP contribution in [0.5, 0.6) is 0 Å². The first-order valence-corrected chi connectivity index (χ1v) is 9.79. The Labute approximate surface area is 174 Å². The Kier molecular flexibility index (Phi) is 6.10. The van der Waals surface area contributed by atoms with E-state index in [2.05, 4.69) is 15.5 Å². The van der Waals surface area contributed by atoms with E-state index in [4.69, 9.17) is 23.2 Å². The molecule has 3 rings (SSSR count). The summed E-state index contributed by atoms with van der Waals surface area (Å²) in [5.74, 6) is -0.0668. The number of hydrogen-bond donors (Lipinski definition) is 1. The monoisotopic (exact) mass is 419 g/mol. The van der Waals surface area contributed by atoms with Crippen LogP contribution in [0, 0.1) is 27.7 Å². The van der Waals surface area contributed by atoms with E-state index in [0.29, 0.717) is 29.6 Å². The molecule has 0 spiro atoms. The first-order valence-electron chi connectivity index (χ1n) is 9.03. The molecule has 6 nitrogen and oxygen atoms in total. The first-order chi connectivity index (χ1) is 13.2. The van der Waals surface area contributed by atoms with Crippen LogP contribution in [-0.2, 0) is 17.9 Å². The maximum absolute atomic E-state index is 12.4. The van der Waals surface area contributed by atoms with E-state index in [1.165, 1.54) is 0 Å². The number of amides is 1. The molecule has 0 unspecified atom stereocenters. The third kappa shape index (κ3) is 4.56. The third-order valence-corrected chi connectivity index (χ3v) is 5.22. The van der Waals surface area contributed by atoms with Gasteiger partial charge in [0.25, 0.3) is 0 Å². The van der Waals surface area contributed by atoms with Gasteiger partial charge in [0, 0.05) is 28.7 Å². The lowest BCUT2D eigenvalue weighted by atomic mass is 10.2. The van der Waals surface area contributed by atoms with Gasteiger partial charge in [-0.05, 0) is 51.5 Å². The summed E-state index contributed by atoms with van der Waals surface area (Å²) in [5.41, 5.74) is 5.30. The second-order valence-corrected chi connectivity index (χ2v) is 7.73. The van der Waals surface area contributed by atoms with Gasteiger partial charge < -0.3 is 5.32 Å². The minimum absolute atomic E-state index is 0.0668. The number of benzene rings is 1. The highest BCUT2D eigenvalue weighted by molar-refractivity contribution is 6.35. The molecule has 1 aromatic carbocycles. The normalized spacial score (nSPS) is 11.1. The molecule has 148 valence electrons. The SMILES string of the molecule is Cc1cc(C)n(CCC(=O)Nc2c(C)nn(Cc3ccc(Cl)cc3Cl)c2C)n1. The number of hydrogen-bond acceptors (Lipinski definition) is 3. The summed E-state index contributed by atoms with van der Waals surface area (Å²) in [5, 5.41) is 13.1. The summed E-state index contributed by atoms with van der Waals surface area (Å²) in [6, 6.07) is 7.40. The minimum Gasteiger partial charge on any atom is -0.323 e. The van der Waals surface area contributed by atoms with Gasteiger partial charge in [0.2, 0.25) is 5.91 Å². The molecule has 0 fully saturated rings. The Bertz CT molecular complexity index is 1020. The zero-order valence-corrected chi connectivity index (χ0v) is 17.9. The molecule has 0 aliphatic heterocycles. The molecule has 1 N–H and O–H groups in total. The summed E-state index contributed by atoms with van der Waals surface area (Å²) in [6.07, 6.45) is 0.342. The van der Waals surface area contributed by atoms with E-state index in [0.717, 1.165) is 34.0 Å². The minimum atomic E-state index is -0.0668. The van der Waals surface area contributed by atoms with Crippen molar-refractivity contribution in [2.75, 3.05) is 5.32 Å². The fourth-order valence-electron chi connectivity index (χ4n) is 3.15. The predicted molar refractivity (Wildman–Crippen MR) is 112 cm³/mol. The third-order valence-electron chi connectivity index (χ3n) is 4.64. The quantitative estimate of drug-likeness (QED) is 0.629. The molecule has 0 aliphatic rings. The van der Waals surface area contributed by atoms with Gasteiger partial charge in [0.1, 0.15) is 0 Å². The Morgan fingerprint density at radius 3 is 2.46 bits per heavy atom. The molecule has 8 heteroatoms. The average Bonchev–Trinajstić information content (AvgIpc) is 3.08. The van der Waals surface area contributed by atoms with Crippen molar-refractivity contribution in [2.45, 2.75) is 47.2 Å². The van der Waals surface area contributed by atoms with E-state index >= 15 is 0 Å². The highest BCUT2D eigenvalue weighted by Crippen LogP contribution is 2.25. The Hall–Kier alpha value is -2.31. The Morgan fingerprint density at radius 2 is 1.82 bits per heavy atom. The molecule has 28 heavy (non-hydrogen) atoms. The first kappa shape index (κ1) is 20.4. The number of carbonyl (C=O) groups is 1. The van der Waals surface area contributed by atoms with Crippen molar-refractivity contribution in [2.24, 2.45) is 0 Å². The van der Waals surface area contributed by atoms with E-state index < -0.39 is 0 Å². The van der Waals surface area contributed by atoms with Crippen LogP contribution in [0.25, 0.3) is 0 Å². The summed E-state index contributed by atoms with van der Waals surface area (Å²) in [7, 11) is 0. The fraction of sp³-hybridized carbons (Fsp3) is 0.350. The zero-order chi connectivity index (χ0) is 20.4. The van der Waals surface area contributed by atoms with Crippen LogP contribution in [-0.4, -0.2) is 25.5 Å². The molecular formula is C20H23Cl2N5O. The van der Waals surface area contributed by atoms with Gasteiger partial charge in [-0.25, -0.2) is 0 Å². The smallest absolute Gasteiger partial charge is 0.226 e. The standard InChI is InChI=1S/C20H23Cl2N5O/c1-12-9-13(2)26(24-12)8-7-19(28)23-20-14(3)25-27(15(20)4)11-16-5-6-17(21)10-18(16)22/h5-6,9-10H,7-8,11H2,1-4H3,(H,23,28). The largest absolute Gasteiger partial charge is 0.323 e. The molecule has 0 saturated carbocycles. The number of anilines is 1. The topological polar surface area (TPSA) is 64.7 Å². The van der Waals surface area contributed by atoms with Crippen molar-refractivity contribution in [3.63, 3.8) is 0 Å². The molecule has 3 aromatic rings. The van der Waals surface area contributed by atoms with Crippen molar-refractivity contribution in [3.05, 3.63) is 62.6 Å². The summed E-state index contributed by atoms with van der Waals surface area (Å²) >= 11 is 12.2. The van der Waals surface area contributed by atoms with Gasteiger partial charge in [0.15, 0.2) is 0 Å². The number of rotatable bonds is 6. The average molecular weight is 420 g/mol. The highest BCUT2D eigenvalue weighted by atomic mass is 35.5. The molecular weight excluding hydrogens is 397 g/mol. The van der Waals surface area contributed by atoms with E-state index in [-0.39, 0.29) is 5.91 Å². The van der Waals surface area contributed by atoms with Crippen LogP contribution < -0.4 is 5.32 Å². The molecule has 0 aliphatic carbocycles. The van der Waals surface area contributed by atoms with E-state index in [1.807, 2.05) is 49.2 Å². The Morgan fingerprint density at radius 1 is 1.07 bits per heavy atom. The van der Waals surface area contributed by atoms with Crippen LogP contribution in [0.1, 0.15) is 34.8 Å². The van der Waals surface area contributed by atoms with Crippen LogP contribution >= 0.6 is 23.2 Å². The van der Waals surface area contributed by atoms with Crippen LogP contribution in [0.15, 0.2) is 24.3 Å². The van der Waals surface area contributed by atoms with E-state index in [1.54, 1.807) is 12.1 Å². The van der Waals surface area contributed by atoms with Crippen molar-refractivity contribution >= 4 is 34.8 Å². The second-order valence-electron chi connectivity index (χ2n) is 6.89. The lowest BCUT2D eigenvalue weighted by molar-refractivity contribution is -0.116. The number of aromatic nitrogens is 4. The number of halogens is 2. The zero-order valence-electron chi connectivity index (χ0n) is 16.4. The van der Waals surface area contributed by atoms with E-state index in [9.17, 15) is 4.79 Å². The van der Waals surface area contributed by atoms with Gasteiger partial charge in [0.05, 0.1) is 29.3 Å². The number of nitrogens with one attached hydrogen (secondary N) is 1. The van der Waals surface area contributed by atoms with Gasteiger partial charge in [-0.15, -0.1) is 0 Å². The maximum Gasteiger partial charge on any atom is 0.226 e. The van der Waals surface area contributed by atoms with Crippen molar-refractivity contribution in [1.29, 1.82) is 0 Å². The fourth-order valence-corrected chi connectivity index (χ4v) is 3.62. The Balaban J connectivity index is 1.69. The summed E-state index contributed by atoms with van der Waals surface area (Å²) < 4.78 is 3.68. The molecule has 0 saturated heterocycles. The highest BCUT2D eigenvalue weighted by Gasteiger charge is 2.15.